The summed E-state index contributed by atoms with van der Waals surface area (Å²) in [6.45, 7) is 2.01. The van der Waals surface area contributed by atoms with Crippen LogP contribution in [0.1, 0.15) is 34.7 Å². The summed E-state index contributed by atoms with van der Waals surface area (Å²) in [5.74, 6) is 0. The lowest BCUT2D eigenvalue weighted by Crippen LogP contribution is -2.26. The van der Waals surface area contributed by atoms with Crippen LogP contribution in [0.25, 0.3) is 72.0 Å². The SMILES string of the molecule is C/C=C\c1ccc2ccc(-c3cc4c(c5ccccc35)-c3c(ccc5ccccc35)C43c4ccccc4-c4ccccc43)nc2c1N. The van der Waals surface area contributed by atoms with E-state index in [1.807, 2.05) is 19.1 Å². The fourth-order valence-corrected chi connectivity index (χ4v) is 8.67. The molecule has 0 atom stereocenters. The first-order chi connectivity index (χ1) is 23.2. The molecule has 0 aliphatic heterocycles. The smallest absolute Gasteiger partial charge is 0.0944 e. The van der Waals surface area contributed by atoms with Crippen LogP contribution in [-0.4, -0.2) is 4.98 Å². The zero-order valence-corrected chi connectivity index (χ0v) is 26.0. The van der Waals surface area contributed by atoms with Gasteiger partial charge in [0.05, 0.1) is 22.3 Å². The molecule has 220 valence electrons. The predicted molar refractivity (Wildman–Crippen MR) is 198 cm³/mol. The van der Waals surface area contributed by atoms with Crippen molar-refractivity contribution in [1.82, 2.24) is 4.98 Å². The van der Waals surface area contributed by atoms with Gasteiger partial charge in [-0.05, 0) is 90.7 Å². The number of aromatic nitrogens is 1. The highest BCUT2D eigenvalue weighted by Gasteiger charge is 2.52. The molecule has 1 heterocycles. The molecule has 0 bridgehead atoms. The Labute approximate surface area is 273 Å². The number of fused-ring (bicyclic) bond motifs is 15. The summed E-state index contributed by atoms with van der Waals surface area (Å²) in [7, 11) is 0. The van der Waals surface area contributed by atoms with Crippen LogP contribution in [0.15, 0.2) is 146 Å². The number of nitrogens with zero attached hydrogens (tertiary/aromatic N) is 1. The molecule has 0 saturated carbocycles. The number of pyridine rings is 1. The standard InChI is InChI=1S/C45H30N2/c1-2-11-28-20-21-29-23-25-40(47-44(29)43(28)46)35-26-39-42(34-17-6-5-14-31(34)35)41-30-13-4-3-12-27(30)22-24-38(41)45(39)36-18-9-7-15-32(36)33-16-8-10-19-37(33)45/h2-26H,46H2,1H3/b11-2-. The van der Waals surface area contributed by atoms with Crippen LogP contribution in [0.3, 0.4) is 0 Å². The minimum absolute atomic E-state index is 0.463. The molecule has 7 aromatic carbocycles. The van der Waals surface area contributed by atoms with Gasteiger partial charge in [0.15, 0.2) is 0 Å². The number of hydrogen-bond acceptors (Lipinski definition) is 2. The van der Waals surface area contributed by atoms with Crippen molar-refractivity contribution in [3.05, 3.63) is 173 Å². The second kappa shape index (κ2) is 9.51. The molecule has 0 saturated heterocycles. The minimum Gasteiger partial charge on any atom is -0.396 e. The van der Waals surface area contributed by atoms with E-state index in [-0.39, 0.29) is 0 Å². The molecule has 1 spiro atoms. The molecule has 0 unspecified atom stereocenters. The molecule has 0 amide bonds. The molecule has 2 aliphatic rings. The van der Waals surface area contributed by atoms with E-state index in [1.165, 1.54) is 66.1 Å². The highest BCUT2D eigenvalue weighted by Crippen LogP contribution is 2.65. The normalized spacial score (nSPS) is 13.8. The van der Waals surface area contributed by atoms with E-state index in [0.29, 0.717) is 5.69 Å². The molecule has 1 aromatic heterocycles. The quantitative estimate of drug-likeness (QED) is 0.201. The van der Waals surface area contributed by atoms with Gasteiger partial charge in [-0.2, -0.15) is 0 Å². The van der Waals surface area contributed by atoms with Gasteiger partial charge in [-0.3, -0.25) is 0 Å². The van der Waals surface area contributed by atoms with Crippen molar-refractivity contribution in [3.63, 3.8) is 0 Å². The first-order valence-corrected chi connectivity index (χ1v) is 16.3. The van der Waals surface area contributed by atoms with Crippen molar-refractivity contribution in [2.24, 2.45) is 0 Å². The van der Waals surface area contributed by atoms with Crippen molar-refractivity contribution in [1.29, 1.82) is 0 Å². The average molecular weight is 599 g/mol. The second-order valence-electron chi connectivity index (χ2n) is 12.8. The van der Waals surface area contributed by atoms with Gasteiger partial charge in [0.2, 0.25) is 0 Å². The summed E-state index contributed by atoms with van der Waals surface area (Å²) in [5, 5.41) is 6.02. The van der Waals surface area contributed by atoms with Crippen LogP contribution < -0.4 is 5.73 Å². The minimum atomic E-state index is -0.463. The summed E-state index contributed by atoms with van der Waals surface area (Å²) in [6, 6.07) is 51.4. The zero-order valence-electron chi connectivity index (χ0n) is 26.0. The van der Waals surface area contributed by atoms with Gasteiger partial charge < -0.3 is 5.73 Å². The van der Waals surface area contributed by atoms with Crippen LogP contribution in [0.5, 0.6) is 0 Å². The fourth-order valence-electron chi connectivity index (χ4n) is 8.67. The van der Waals surface area contributed by atoms with E-state index in [1.54, 1.807) is 0 Å². The second-order valence-corrected chi connectivity index (χ2v) is 12.8. The fraction of sp³-hybridized carbons (Fsp3) is 0.0444. The Morgan fingerprint density at radius 1 is 0.532 bits per heavy atom. The van der Waals surface area contributed by atoms with Crippen LogP contribution in [0.4, 0.5) is 5.69 Å². The van der Waals surface area contributed by atoms with Crippen molar-refractivity contribution >= 4 is 44.2 Å². The van der Waals surface area contributed by atoms with Crippen LogP contribution in [0, 0.1) is 0 Å². The van der Waals surface area contributed by atoms with Crippen molar-refractivity contribution in [2.75, 3.05) is 5.73 Å². The van der Waals surface area contributed by atoms with Gasteiger partial charge >= 0.3 is 0 Å². The van der Waals surface area contributed by atoms with Gasteiger partial charge in [-0.1, -0.05) is 140 Å². The largest absolute Gasteiger partial charge is 0.396 e. The van der Waals surface area contributed by atoms with E-state index in [9.17, 15) is 0 Å². The van der Waals surface area contributed by atoms with Crippen LogP contribution in [-0.2, 0) is 5.41 Å². The lowest BCUT2D eigenvalue weighted by molar-refractivity contribution is 0.795. The van der Waals surface area contributed by atoms with Crippen LogP contribution >= 0.6 is 0 Å². The number of allylic oxidation sites excluding steroid dienone is 1. The van der Waals surface area contributed by atoms with Crippen LogP contribution in [0.2, 0.25) is 0 Å². The number of nitrogens with two attached hydrogens (primary N) is 1. The summed E-state index contributed by atoms with van der Waals surface area (Å²) < 4.78 is 0. The summed E-state index contributed by atoms with van der Waals surface area (Å²) in [5.41, 5.74) is 21.5. The van der Waals surface area contributed by atoms with E-state index in [2.05, 4.69) is 140 Å². The molecule has 47 heavy (non-hydrogen) atoms. The Balaban J connectivity index is 1.39. The molecule has 8 aromatic rings. The molecule has 0 fully saturated rings. The Kier molecular flexibility index (Phi) is 5.31. The summed E-state index contributed by atoms with van der Waals surface area (Å²) >= 11 is 0. The number of rotatable bonds is 2. The Morgan fingerprint density at radius 3 is 1.91 bits per heavy atom. The van der Waals surface area contributed by atoms with E-state index >= 15 is 0 Å². The molecule has 10 rings (SSSR count). The third kappa shape index (κ3) is 3.32. The number of benzene rings is 7. The maximum Gasteiger partial charge on any atom is 0.0944 e. The van der Waals surface area contributed by atoms with Gasteiger partial charge in [-0.15, -0.1) is 0 Å². The highest BCUT2D eigenvalue weighted by atomic mass is 14.7. The Hall–Kier alpha value is -5.99. The van der Waals surface area contributed by atoms with Gasteiger partial charge in [-0.25, -0.2) is 4.98 Å². The van der Waals surface area contributed by atoms with Gasteiger partial charge in [0.1, 0.15) is 0 Å². The molecule has 0 radical (unpaired) electrons. The van der Waals surface area contributed by atoms with Gasteiger partial charge in [0, 0.05) is 10.9 Å². The Morgan fingerprint density at radius 2 is 1.15 bits per heavy atom. The monoisotopic (exact) mass is 598 g/mol. The average Bonchev–Trinajstić information content (AvgIpc) is 3.60. The molecule has 2 aliphatic carbocycles. The highest BCUT2D eigenvalue weighted by molar-refractivity contribution is 6.16. The summed E-state index contributed by atoms with van der Waals surface area (Å²) in [4.78, 5) is 5.31. The van der Waals surface area contributed by atoms with Gasteiger partial charge in [0.25, 0.3) is 0 Å². The van der Waals surface area contributed by atoms with Crippen molar-refractivity contribution < 1.29 is 0 Å². The maximum atomic E-state index is 6.75. The van der Waals surface area contributed by atoms with Crippen molar-refractivity contribution in [2.45, 2.75) is 12.3 Å². The predicted octanol–water partition coefficient (Wildman–Crippen LogP) is 11.2. The zero-order chi connectivity index (χ0) is 31.3. The number of hydrogen-bond donors (Lipinski definition) is 1. The third-order valence-electron chi connectivity index (χ3n) is 10.5. The number of nitrogen functional groups attached to an aromatic ring is 1. The molecule has 2 N–H and O–H groups in total. The van der Waals surface area contributed by atoms with E-state index in [0.717, 1.165) is 27.7 Å². The first-order valence-electron chi connectivity index (χ1n) is 16.3. The van der Waals surface area contributed by atoms with E-state index < -0.39 is 5.41 Å². The molecule has 2 heteroatoms. The molecular weight excluding hydrogens is 569 g/mol. The Bertz CT molecular complexity index is 2610. The third-order valence-corrected chi connectivity index (χ3v) is 10.5. The molecular formula is C45H30N2. The molecule has 2 nitrogen and oxygen atoms in total. The lowest BCUT2D eigenvalue weighted by atomic mass is 9.70. The lowest BCUT2D eigenvalue weighted by Gasteiger charge is -2.31. The first kappa shape index (κ1) is 26.2. The topological polar surface area (TPSA) is 38.9 Å². The van der Waals surface area contributed by atoms with E-state index in [4.69, 9.17) is 10.7 Å². The maximum absolute atomic E-state index is 6.75. The number of anilines is 1. The van der Waals surface area contributed by atoms with Crippen molar-refractivity contribution in [3.8, 4) is 33.5 Å². The summed E-state index contributed by atoms with van der Waals surface area (Å²) in [6.07, 6.45) is 4.07.